The zero-order valence-electron chi connectivity index (χ0n) is 8.99. The number of nitrogens with zero attached hydrogens (tertiary/aromatic N) is 1. The summed E-state index contributed by atoms with van der Waals surface area (Å²) in [7, 11) is 1.42. The second kappa shape index (κ2) is 4.45. The molecule has 1 aliphatic rings. The molecule has 0 aromatic rings. The molecular weight excluding hydrogens is 178 g/mol. The minimum absolute atomic E-state index is 0.0518. The van der Waals surface area contributed by atoms with Crippen LogP contribution in [-0.4, -0.2) is 13.1 Å². The summed E-state index contributed by atoms with van der Waals surface area (Å²) in [5.74, 6) is 0.256. The number of nitriles is 1. The molecule has 4 atom stereocenters. The fraction of sp³-hybridized carbons (Fsp3) is 0.818. The molecule has 0 N–H and O–H groups in total. The van der Waals surface area contributed by atoms with Crippen molar-refractivity contribution in [1.82, 2.24) is 0 Å². The van der Waals surface area contributed by atoms with Crippen molar-refractivity contribution in [2.24, 2.45) is 23.7 Å². The van der Waals surface area contributed by atoms with Gasteiger partial charge in [-0.2, -0.15) is 5.26 Å². The van der Waals surface area contributed by atoms with Crippen LogP contribution in [-0.2, 0) is 9.53 Å². The Morgan fingerprint density at radius 3 is 2.71 bits per heavy atom. The van der Waals surface area contributed by atoms with Gasteiger partial charge in [-0.05, 0) is 31.6 Å². The average molecular weight is 195 g/mol. The van der Waals surface area contributed by atoms with Crippen LogP contribution in [0.2, 0.25) is 0 Å². The highest BCUT2D eigenvalue weighted by atomic mass is 16.5. The Balaban J connectivity index is 2.77. The van der Waals surface area contributed by atoms with E-state index < -0.39 is 0 Å². The Labute approximate surface area is 85.1 Å². The number of esters is 1. The normalized spacial score (nSPS) is 33.4. The van der Waals surface area contributed by atoms with Gasteiger partial charge >= 0.3 is 5.97 Å². The van der Waals surface area contributed by atoms with Crippen LogP contribution in [0.1, 0.15) is 26.7 Å². The lowest BCUT2D eigenvalue weighted by atomic mass is 9.83. The maximum Gasteiger partial charge on any atom is 0.309 e. The smallest absolute Gasteiger partial charge is 0.309 e. The molecule has 1 rings (SSSR count). The Morgan fingerprint density at radius 1 is 1.57 bits per heavy atom. The predicted molar refractivity (Wildman–Crippen MR) is 52.2 cm³/mol. The third-order valence-corrected chi connectivity index (χ3v) is 3.35. The van der Waals surface area contributed by atoms with Crippen molar-refractivity contribution in [3.8, 4) is 6.07 Å². The molecule has 0 radical (unpaired) electrons. The zero-order valence-corrected chi connectivity index (χ0v) is 8.99. The van der Waals surface area contributed by atoms with Crippen molar-refractivity contribution in [3.63, 3.8) is 0 Å². The highest BCUT2D eigenvalue weighted by molar-refractivity contribution is 5.73. The minimum Gasteiger partial charge on any atom is -0.469 e. The minimum atomic E-state index is -0.151. The lowest BCUT2D eigenvalue weighted by Gasteiger charge is -2.21. The van der Waals surface area contributed by atoms with Gasteiger partial charge in [-0.3, -0.25) is 4.79 Å². The molecule has 4 unspecified atom stereocenters. The largest absolute Gasteiger partial charge is 0.469 e. The summed E-state index contributed by atoms with van der Waals surface area (Å²) in [4.78, 5) is 11.5. The number of ether oxygens (including phenoxy) is 1. The molecule has 1 fully saturated rings. The van der Waals surface area contributed by atoms with E-state index in [1.54, 1.807) is 0 Å². The summed E-state index contributed by atoms with van der Waals surface area (Å²) in [5, 5.41) is 8.85. The van der Waals surface area contributed by atoms with Crippen molar-refractivity contribution in [3.05, 3.63) is 0 Å². The Hall–Kier alpha value is -1.04. The second-order valence-corrected chi connectivity index (χ2v) is 4.19. The lowest BCUT2D eigenvalue weighted by molar-refractivity contribution is -0.148. The molecule has 0 heterocycles. The van der Waals surface area contributed by atoms with Crippen molar-refractivity contribution in [2.45, 2.75) is 26.7 Å². The highest BCUT2D eigenvalue weighted by Crippen LogP contribution is 2.41. The summed E-state index contributed by atoms with van der Waals surface area (Å²) in [6.45, 7) is 3.95. The van der Waals surface area contributed by atoms with Gasteiger partial charge in [0.25, 0.3) is 0 Å². The van der Waals surface area contributed by atoms with Crippen LogP contribution in [0.3, 0.4) is 0 Å². The van der Waals surface area contributed by atoms with Gasteiger partial charge in [-0.25, -0.2) is 0 Å². The first kappa shape index (κ1) is 11.0. The van der Waals surface area contributed by atoms with Crippen molar-refractivity contribution in [1.29, 1.82) is 5.26 Å². The van der Waals surface area contributed by atoms with E-state index in [9.17, 15) is 4.79 Å². The summed E-state index contributed by atoms with van der Waals surface area (Å²) in [5.41, 5.74) is 0. The first-order valence-electron chi connectivity index (χ1n) is 5.09. The molecule has 1 saturated carbocycles. The molecule has 78 valence electrons. The van der Waals surface area contributed by atoms with Crippen LogP contribution in [0.15, 0.2) is 0 Å². The van der Waals surface area contributed by atoms with E-state index in [2.05, 4.69) is 13.0 Å². The van der Waals surface area contributed by atoms with E-state index >= 15 is 0 Å². The third kappa shape index (κ3) is 1.89. The Bertz CT molecular complexity index is 257. The number of hydrogen-bond donors (Lipinski definition) is 0. The summed E-state index contributed by atoms with van der Waals surface area (Å²) < 4.78 is 4.78. The van der Waals surface area contributed by atoms with E-state index in [1.807, 2.05) is 6.92 Å². The first-order chi connectivity index (χ1) is 6.61. The van der Waals surface area contributed by atoms with Gasteiger partial charge in [0.1, 0.15) is 0 Å². The van der Waals surface area contributed by atoms with Crippen LogP contribution in [0.4, 0.5) is 0 Å². The van der Waals surface area contributed by atoms with Gasteiger partial charge in [0.05, 0.1) is 19.1 Å². The Kier molecular flexibility index (Phi) is 3.51. The number of carbonyl (C=O) groups is 1. The topological polar surface area (TPSA) is 50.1 Å². The summed E-state index contributed by atoms with van der Waals surface area (Å²) in [6.07, 6.45) is 1.99. The molecule has 0 aromatic heterocycles. The lowest BCUT2D eigenvalue weighted by Crippen LogP contribution is -2.28. The van der Waals surface area contributed by atoms with Gasteiger partial charge in [-0.1, -0.05) is 6.92 Å². The SMILES string of the molecule is COC(=O)C1C(C)CCC1C(C)C#N. The van der Waals surface area contributed by atoms with Crippen LogP contribution in [0, 0.1) is 35.0 Å². The van der Waals surface area contributed by atoms with Gasteiger partial charge in [0, 0.05) is 5.92 Å². The molecule has 3 nitrogen and oxygen atoms in total. The zero-order chi connectivity index (χ0) is 10.7. The van der Waals surface area contributed by atoms with Gasteiger partial charge in [0.2, 0.25) is 0 Å². The van der Waals surface area contributed by atoms with Gasteiger partial charge < -0.3 is 4.74 Å². The second-order valence-electron chi connectivity index (χ2n) is 4.19. The molecule has 0 aromatic carbocycles. The molecular formula is C11H17NO2. The Morgan fingerprint density at radius 2 is 2.21 bits per heavy atom. The quantitative estimate of drug-likeness (QED) is 0.633. The fourth-order valence-electron chi connectivity index (χ4n) is 2.44. The molecule has 3 heteroatoms. The van der Waals surface area contributed by atoms with E-state index in [0.717, 1.165) is 12.8 Å². The van der Waals surface area contributed by atoms with E-state index in [0.29, 0.717) is 5.92 Å². The maximum absolute atomic E-state index is 11.5. The molecule has 0 aliphatic heterocycles. The standard InChI is InChI=1S/C11H17NO2/c1-7-4-5-9(8(2)6-12)10(7)11(13)14-3/h7-10H,4-5H2,1-3H3. The maximum atomic E-state index is 11.5. The molecule has 0 bridgehead atoms. The van der Waals surface area contributed by atoms with E-state index in [-0.39, 0.29) is 23.7 Å². The molecule has 1 aliphatic carbocycles. The third-order valence-electron chi connectivity index (χ3n) is 3.35. The molecule has 0 saturated heterocycles. The van der Waals surface area contributed by atoms with Crippen LogP contribution < -0.4 is 0 Å². The van der Waals surface area contributed by atoms with E-state index in [4.69, 9.17) is 10.00 Å². The highest BCUT2D eigenvalue weighted by Gasteiger charge is 2.41. The number of hydrogen-bond acceptors (Lipinski definition) is 3. The van der Waals surface area contributed by atoms with E-state index in [1.165, 1.54) is 7.11 Å². The molecule has 0 spiro atoms. The van der Waals surface area contributed by atoms with Gasteiger partial charge in [-0.15, -0.1) is 0 Å². The van der Waals surface area contributed by atoms with Crippen molar-refractivity contribution < 1.29 is 9.53 Å². The van der Waals surface area contributed by atoms with Gasteiger partial charge in [0.15, 0.2) is 0 Å². The average Bonchev–Trinajstić information content (AvgIpc) is 2.58. The molecule has 0 amide bonds. The summed E-state index contributed by atoms with van der Waals surface area (Å²) in [6, 6.07) is 2.23. The number of methoxy groups -OCH3 is 1. The van der Waals surface area contributed by atoms with Crippen molar-refractivity contribution >= 4 is 5.97 Å². The molecule has 14 heavy (non-hydrogen) atoms. The summed E-state index contributed by atoms with van der Waals surface area (Å²) >= 11 is 0. The van der Waals surface area contributed by atoms with Crippen molar-refractivity contribution in [2.75, 3.05) is 7.11 Å². The predicted octanol–water partition coefficient (Wildman–Crippen LogP) is 1.98. The van der Waals surface area contributed by atoms with Crippen LogP contribution in [0.5, 0.6) is 0 Å². The fourth-order valence-corrected chi connectivity index (χ4v) is 2.44. The van der Waals surface area contributed by atoms with Crippen LogP contribution >= 0.6 is 0 Å². The number of rotatable bonds is 2. The van der Waals surface area contributed by atoms with Crippen LogP contribution in [0.25, 0.3) is 0 Å². The first-order valence-corrected chi connectivity index (χ1v) is 5.09. The number of carbonyl (C=O) groups excluding carboxylic acids is 1. The monoisotopic (exact) mass is 195 g/mol.